The van der Waals surface area contributed by atoms with Crippen LogP contribution in [0.5, 0.6) is 0 Å². The van der Waals surface area contributed by atoms with Crippen molar-refractivity contribution in [3.63, 3.8) is 0 Å². The molecule has 0 atom stereocenters. The molecule has 4 nitrogen and oxygen atoms in total. The van der Waals surface area contributed by atoms with E-state index in [4.69, 9.17) is 23.2 Å². The van der Waals surface area contributed by atoms with Crippen molar-refractivity contribution >= 4 is 34.9 Å². The number of halogens is 3. The van der Waals surface area contributed by atoms with Crippen molar-refractivity contribution < 1.29 is 9.18 Å². The summed E-state index contributed by atoms with van der Waals surface area (Å²) in [6.45, 7) is 1.70. The van der Waals surface area contributed by atoms with E-state index in [2.05, 4.69) is 15.3 Å². The van der Waals surface area contributed by atoms with Crippen molar-refractivity contribution in [3.8, 4) is 0 Å². The SMILES string of the molecule is Cc1ccc(F)cc1C(=O)Nc1ncnc(Cl)c1Cl. The zero-order valence-corrected chi connectivity index (χ0v) is 11.3. The fourth-order valence-electron chi connectivity index (χ4n) is 1.45. The maximum absolute atomic E-state index is 13.1. The van der Waals surface area contributed by atoms with Crippen molar-refractivity contribution in [3.05, 3.63) is 51.6 Å². The third kappa shape index (κ3) is 3.00. The van der Waals surface area contributed by atoms with Crippen molar-refractivity contribution in [2.45, 2.75) is 6.92 Å². The Hall–Kier alpha value is -1.72. The number of amides is 1. The van der Waals surface area contributed by atoms with Crippen LogP contribution in [-0.2, 0) is 0 Å². The molecule has 0 unspecified atom stereocenters. The molecular formula is C12H8Cl2FN3O. The Morgan fingerprint density at radius 2 is 2.05 bits per heavy atom. The lowest BCUT2D eigenvalue weighted by atomic mass is 10.1. The first-order valence-electron chi connectivity index (χ1n) is 5.22. The maximum atomic E-state index is 13.1. The lowest BCUT2D eigenvalue weighted by Gasteiger charge is -2.08. The van der Waals surface area contributed by atoms with Crippen LogP contribution in [-0.4, -0.2) is 15.9 Å². The molecule has 0 aliphatic carbocycles. The number of rotatable bonds is 2. The first kappa shape index (κ1) is 13.7. The van der Waals surface area contributed by atoms with Crippen LogP contribution >= 0.6 is 23.2 Å². The molecule has 2 aromatic rings. The Kier molecular flexibility index (Phi) is 3.97. The van der Waals surface area contributed by atoms with Gasteiger partial charge in [-0.3, -0.25) is 4.79 Å². The molecule has 0 aliphatic rings. The summed E-state index contributed by atoms with van der Waals surface area (Å²) in [5, 5.41) is 2.53. The minimum absolute atomic E-state index is 0.0305. The third-order valence-corrected chi connectivity index (χ3v) is 3.16. The van der Waals surface area contributed by atoms with Gasteiger partial charge in [0.1, 0.15) is 17.2 Å². The Morgan fingerprint density at radius 3 is 2.79 bits per heavy atom. The average Bonchev–Trinajstić information content (AvgIpc) is 2.38. The van der Waals surface area contributed by atoms with E-state index in [9.17, 15) is 9.18 Å². The van der Waals surface area contributed by atoms with Crippen molar-refractivity contribution in [2.75, 3.05) is 5.32 Å². The zero-order chi connectivity index (χ0) is 14.0. The van der Waals surface area contributed by atoms with Gasteiger partial charge in [-0.1, -0.05) is 29.3 Å². The van der Waals surface area contributed by atoms with Gasteiger partial charge in [-0.25, -0.2) is 14.4 Å². The first-order valence-corrected chi connectivity index (χ1v) is 5.98. The molecule has 1 aromatic carbocycles. The molecule has 2 rings (SSSR count). The Morgan fingerprint density at radius 1 is 1.32 bits per heavy atom. The Labute approximate surface area is 118 Å². The normalized spacial score (nSPS) is 10.3. The number of carbonyl (C=O) groups is 1. The van der Waals surface area contributed by atoms with Crippen LogP contribution in [0.15, 0.2) is 24.5 Å². The number of aromatic nitrogens is 2. The smallest absolute Gasteiger partial charge is 0.257 e. The predicted molar refractivity (Wildman–Crippen MR) is 71.1 cm³/mol. The summed E-state index contributed by atoms with van der Waals surface area (Å²) in [5.41, 5.74) is 0.834. The highest BCUT2D eigenvalue weighted by Crippen LogP contribution is 2.26. The van der Waals surface area contributed by atoms with E-state index in [-0.39, 0.29) is 21.6 Å². The van der Waals surface area contributed by atoms with Crippen molar-refractivity contribution in [1.29, 1.82) is 0 Å². The minimum atomic E-state index is -0.520. The molecule has 98 valence electrons. The Bertz CT molecular complexity index is 649. The van der Waals surface area contributed by atoms with Crippen LogP contribution < -0.4 is 5.32 Å². The molecule has 1 aromatic heterocycles. The number of nitrogens with one attached hydrogen (secondary N) is 1. The predicted octanol–water partition coefficient (Wildman–Crippen LogP) is 3.48. The summed E-state index contributed by atoms with van der Waals surface area (Å²) >= 11 is 11.6. The molecule has 1 heterocycles. The van der Waals surface area contributed by atoms with E-state index < -0.39 is 11.7 Å². The first-order chi connectivity index (χ1) is 8.99. The summed E-state index contributed by atoms with van der Waals surface area (Å²) in [5.74, 6) is -0.938. The molecule has 1 amide bonds. The summed E-state index contributed by atoms with van der Waals surface area (Å²) < 4.78 is 13.1. The summed E-state index contributed by atoms with van der Waals surface area (Å²) in [7, 11) is 0. The van der Waals surface area contributed by atoms with Gasteiger partial charge in [-0.05, 0) is 24.6 Å². The number of anilines is 1. The standard InChI is InChI=1S/C12H8Cl2FN3O/c1-6-2-3-7(15)4-8(6)12(19)18-11-9(13)10(14)16-5-17-11/h2-5H,1H3,(H,16,17,18,19). The van der Waals surface area contributed by atoms with E-state index in [1.165, 1.54) is 18.5 Å². The highest BCUT2D eigenvalue weighted by atomic mass is 35.5. The highest BCUT2D eigenvalue weighted by molar-refractivity contribution is 6.43. The van der Waals surface area contributed by atoms with Crippen LogP contribution in [0.1, 0.15) is 15.9 Å². The fraction of sp³-hybridized carbons (Fsp3) is 0.0833. The van der Waals surface area contributed by atoms with E-state index in [1.807, 2.05) is 0 Å². The zero-order valence-electron chi connectivity index (χ0n) is 9.75. The van der Waals surface area contributed by atoms with Crippen LogP contribution in [0, 0.1) is 12.7 Å². The van der Waals surface area contributed by atoms with Gasteiger partial charge in [-0.2, -0.15) is 0 Å². The second-order valence-corrected chi connectivity index (χ2v) is 4.48. The second-order valence-electron chi connectivity index (χ2n) is 3.74. The second kappa shape index (κ2) is 5.50. The summed E-state index contributed by atoms with van der Waals surface area (Å²) in [4.78, 5) is 19.5. The largest absolute Gasteiger partial charge is 0.305 e. The van der Waals surface area contributed by atoms with Gasteiger partial charge in [0.05, 0.1) is 0 Å². The molecule has 0 saturated heterocycles. The third-order valence-electron chi connectivity index (χ3n) is 2.42. The molecule has 1 N–H and O–H groups in total. The van der Waals surface area contributed by atoms with E-state index in [0.717, 1.165) is 6.07 Å². The number of hydrogen-bond acceptors (Lipinski definition) is 3. The number of aryl methyl sites for hydroxylation is 1. The average molecular weight is 300 g/mol. The van der Waals surface area contributed by atoms with Gasteiger partial charge in [0.25, 0.3) is 5.91 Å². The van der Waals surface area contributed by atoms with Crippen molar-refractivity contribution in [1.82, 2.24) is 9.97 Å². The van der Waals surface area contributed by atoms with Gasteiger partial charge in [0.15, 0.2) is 11.0 Å². The van der Waals surface area contributed by atoms with E-state index in [1.54, 1.807) is 6.92 Å². The monoisotopic (exact) mass is 299 g/mol. The molecular weight excluding hydrogens is 292 g/mol. The molecule has 19 heavy (non-hydrogen) atoms. The number of hydrogen-bond donors (Lipinski definition) is 1. The van der Waals surface area contributed by atoms with Crippen LogP contribution in [0.25, 0.3) is 0 Å². The number of benzene rings is 1. The topological polar surface area (TPSA) is 54.9 Å². The molecule has 0 spiro atoms. The summed E-state index contributed by atoms with van der Waals surface area (Å²) in [6, 6.07) is 3.93. The van der Waals surface area contributed by atoms with Gasteiger partial charge in [-0.15, -0.1) is 0 Å². The molecule has 0 fully saturated rings. The molecule has 0 saturated carbocycles. The lowest BCUT2D eigenvalue weighted by Crippen LogP contribution is -2.15. The van der Waals surface area contributed by atoms with Crippen molar-refractivity contribution in [2.24, 2.45) is 0 Å². The van der Waals surface area contributed by atoms with Gasteiger partial charge >= 0.3 is 0 Å². The summed E-state index contributed by atoms with van der Waals surface area (Å²) in [6.07, 6.45) is 1.17. The quantitative estimate of drug-likeness (QED) is 0.864. The Balaban J connectivity index is 2.31. The lowest BCUT2D eigenvalue weighted by molar-refractivity contribution is 0.102. The highest BCUT2D eigenvalue weighted by Gasteiger charge is 2.14. The van der Waals surface area contributed by atoms with Crippen LogP contribution in [0.4, 0.5) is 10.2 Å². The maximum Gasteiger partial charge on any atom is 0.257 e. The minimum Gasteiger partial charge on any atom is -0.305 e. The molecule has 0 aliphatic heterocycles. The van der Waals surface area contributed by atoms with Gasteiger partial charge < -0.3 is 5.32 Å². The van der Waals surface area contributed by atoms with E-state index >= 15 is 0 Å². The van der Waals surface area contributed by atoms with Gasteiger partial charge in [0.2, 0.25) is 0 Å². The molecule has 0 bridgehead atoms. The number of carbonyl (C=O) groups excluding carboxylic acids is 1. The molecule has 7 heteroatoms. The molecule has 0 radical (unpaired) electrons. The van der Waals surface area contributed by atoms with Gasteiger partial charge in [0, 0.05) is 5.56 Å². The van der Waals surface area contributed by atoms with Crippen LogP contribution in [0.2, 0.25) is 10.2 Å². The fourth-order valence-corrected chi connectivity index (χ4v) is 1.73. The van der Waals surface area contributed by atoms with Crippen LogP contribution in [0.3, 0.4) is 0 Å². The number of nitrogens with zero attached hydrogens (tertiary/aromatic N) is 2. The van der Waals surface area contributed by atoms with E-state index in [0.29, 0.717) is 5.56 Å².